The van der Waals surface area contributed by atoms with E-state index in [0.717, 1.165) is 10.0 Å². The molecule has 0 amide bonds. The maximum Gasteiger partial charge on any atom is 0.336 e. The van der Waals surface area contributed by atoms with Crippen LogP contribution >= 0.6 is 15.9 Å². The van der Waals surface area contributed by atoms with E-state index in [4.69, 9.17) is 18.9 Å². The minimum Gasteiger partial charge on any atom is -0.493 e. The van der Waals surface area contributed by atoms with Gasteiger partial charge in [-0.2, -0.15) is 0 Å². The minimum absolute atomic E-state index is 0.470. The van der Waals surface area contributed by atoms with E-state index in [0.29, 0.717) is 23.0 Å². The van der Waals surface area contributed by atoms with Gasteiger partial charge in [0.25, 0.3) is 0 Å². The van der Waals surface area contributed by atoms with Gasteiger partial charge in [0.1, 0.15) is 5.75 Å². The lowest BCUT2D eigenvalue weighted by atomic mass is 10.1. The molecule has 0 spiro atoms. The summed E-state index contributed by atoms with van der Waals surface area (Å²) in [6.45, 7) is 0. The molecule has 5 nitrogen and oxygen atoms in total. The minimum atomic E-state index is -0.480. The summed E-state index contributed by atoms with van der Waals surface area (Å²) in [6, 6.07) is 10.5. The van der Waals surface area contributed by atoms with Gasteiger partial charge in [-0.15, -0.1) is 0 Å². The number of hydrogen-bond donors (Lipinski definition) is 0. The third-order valence-corrected chi connectivity index (χ3v) is 3.66. The molecule has 0 aromatic heterocycles. The van der Waals surface area contributed by atoms with Crippen LogP contribution in [0.1, 0.15) is 5.56 Å². The first kappa shape index (κ1) is 17.9. The Morgan fingerprint density at radius 1 is 0.958 bits per heavy atom. The van der Waals surface area contributed by atoms with Crippen molar-refractivity contribution in [2.75, 3.05) is 21.3 Å². The fraction of sp³-hybridized carbons (Fsp3) is 0.167. The van der Waals surface area contributed by atoms with Crippen LogP contribution in [0.2, 0.25) is 0 Å². The highest BCUT2D eigenvalue weighted by atomic mass is 79.9. The highest BCUT2D eigenvalue weighted by Crippen LogP contribution is 2.38. The molecular formula is C18H17BrO5. The Kier molecular flexibility index (Phi) is 6.26. The van der Waals surface area contributed by atoms with E-state index in [-0.39, 0.29) is 0 Å². The van der Waals surface area contributed by atoms with Crippen LogP contribution in [-0.4, -0.2) is 27.3 Å². The molecular weight excluding hydrogens is 376 g/mol. The number of rotatable bonds is 6. The third-order valence-electron chi connectivity index (χ3n) is 3.13. The number of benzene rings is 2. The monoisotopic (exact) mass is 392 g/mol. The molecule has 0 atom stereocenters. The van der Waals surface area contributed by atoms with Gasteiger partial charge in [-0.1, -0.05) is 15.9 Å². The molecule has 126 valence electrons. The number of methoxy groups -OCH3 is 3. The summed E-state index contributed by atoms with van der Waals surface area (Å²) in [6.07, 6.45) is 2.95. The fourth-order valence-electron chi connectivity index (χ4n) is 2.01. The van der Waals surface area contributed by atoms with Crippen LogP contribution in [0.25, 0.3) is 6.08 Å². The zero-order valence-electron chi connectivity index (χ0n) is 13.5. The molecule has 0 aliphatic rings. The lowest BCUT2D eigenvalue weighted by Gasteiger charge is -2.12. The number of ether oxygens (including phenoxy) is 4. The quantitative estimate of drug-likeness (QED) is 0.420. The molecule has 2 aromatic carbocycles. The van der Waals surface area contributed by atoms with E-state index in [1.165, 1.54) is 27.4 Å². The van der Waals surface area contributed by atoms with Crippen molar-refractivity contribution in [1.29, 1.82) is 0 Å². The Morgan fingerprint density at radius 3 is 2.04 bits per heavy atom. The normalized spacial score (nSPS) is 10.5. The lowest BCUT2D eigenvalue weighted by Crippen LogP contribution is -2.03. The van der Waals surface area contributed by atoms with Crippen molar-refractivity contribution in [1.82, 2.24) is 0 Å². The molecule has 0 radical (unpaired) electrons. The number of hydrogen-bond acceptors (Lipinski definition) is 5. The number of halogens is 1. The van der Waals surface area contributed by atoms with Gasteiger partial charge in [0.2, 0.25) is 5.75 Å². The summed E-state index contributed by atoms with van der Waals surface area (Å²) >= 11 is 3.32. The lowest BCUT2D eigenvalue weighted by molar-refractivity contribution is -0.128. The number of esters is 1. The molecule has 0 saturated heterocycles. The van der Waals surface area contributed by atoms with Crippen LogP contribution < -0.4 is 18.9 Å². The average Bonchev–Trinajstić information content (AvgIpc) is 2.60. The standard InChI is InChI=1S/C18H17BrO5/c1-21-15-10-12(11-16(22-2)18(15)23-3)4-9-17(20)24-14-7-5-13(19)6-8-14/h4-11H,1-3H3. The van der Waals surface area contributed by atoms with Gasteiger partial charge in [0.15, 0.2) is 11.5 Å². The third kappa shape index (κ3) is 4.52. The van der Waals surface area contributed by atoms with E-state index in [1.807, 2.05) is 0 Å². The first-order chi connectivity index (χ1) is 11.6. The van der Waals surface area contributed by atoms with E-state index in [9.17, 15) is 4.79 Å². The van der Waals surface area contributed by atoms with Gasteiger partial charge >= 0.3 is 5.97 Å². The van der Waals surface area contributed by atoms with Crippen LogP contribution in [0.5, 0.6) is 23.0 Å². The maximum atomic E-state index is 11.9. The molecule has 0 saturated carbocycles. The fourth-order valence-corrected chi connectivity index (χ4v) is 2.28. The molecule has 2 aromatic rings. The van der Waals surface area contributed by atoms with E-state index in [1.54, 1.807) is 42.5 Å². The molecule has 0 N–H and O–H groups in total. The van der Waals surface area contributed by atoms with Crippen molar-refractivity contribution >= 4 is 28.0 Å². The van der Waals surface area contributed by atoms with Crippen molar-refractivity contribution in [3.63, 3.8) is 0 Å². The molecule has 2 rings (SSSR count). The van der Waals surface area contributed by atoms with Crippen LogP contribution in [0.3, 0.4) is 0 Å². The summed E-state index contributed by atoms with van der Waals surface area (Å²) < 4.78 is 21.9. The van der Waals surface area contributed by atoms with E-state index < -0.39 is 5.97 Å². The van der Waals surface area contributed by atoms with Gasteiger partial charge in [-0.05, 0) is 48.0 Å². The van der Waals surface area contributed by atoms with Gasteiger partial charge in [-0.3, -0.25) is 0 Å². The van der Waals surface area contributed by atoms with Gasteiger partial charge in [0.05, 0.1) is 21.3 Å². The summed E-state index contributed by atoms with van der Waals surface area (Å²) in [5.41, 5.74) is 0.720. The molecule has 0 fully saturated rings. The molecule has 6 heteroatoms. The van der Waals surface area contributed by atoms with E-state index >= 15 is 0 Å². The van der Waals surface area contributed by atoms with Crippen molar-refractivity contribution < 1.29 is 23.7 Å². The summed E-state index contributed by atoms with van der Waals surface area (Å²) in [7, 11) is 4.60. The Morgan fingerprint density at radius 2 is 1.54 bits per heavy atom. The molecule has 0 aliphatic heterocycles. The summed E-state index contributed by atoms with van der Waals surface area (Å²) in [5, 5.41) is 0. The Labute approximate surface area is 148 Å². The maximum absolute atomic E-state index is 11.9. The number of carbonyl (C=O) groups is 1. The number of carbonyl (C=O) groups excluding carboxylic acids is 1. The van der Waals surface area contributed by atoms with Gasteiger partial charge in [0, 0.05) is 10.5 Å². The summed E-state index contributed by atoms with van der Waals surface area (Å²) in [4.78, 5) is 11.9. The molecule has 0 bridgehead atoms. The Balaban J connectivity index is 2.15. The zero-order chi connectivity index (χ0) is 17.5. The first-order valence-electron chi connectivity index (χ1n) is 7.03. The predicted molar refractivity (Wildman–Crippen MR) is 94.9 cm³/mol. The van der Waals surface area contributed by atoms with Crippen molar-refractivity contribution in [3.05, 3.63) is 52.5 Å². The first-order valence-corrected chi connectivity index (χ1v) is 7.82. The average molecular weight is 393 g/mol. The molecule has 0 aliphatic carbocycles. The highest BCUT2D eigenvalue weighted by molar-refractivity contribution is 9.10. The smallest absolute Gasteiger partial charge is 0.336 e. The molecule has 0 heterocycles. The summed E-state index contributed by atoms with van der Waals surface area (Å²) in [5.74, 6) is 1.51. The zero-order valence-corrected chi connectivity index (χ0v) is 15.1. The van der Waals surface area contributed by atoms with Crippen LogP contribution in [0, 0.1) is 0 Å². The molecule has 0 unspecified atom stereocenters. The largest absolute Gasteiger partial charge is 0.493 e. The van der Waals surface area contributed by atoms with Gasteiger partial charge < -0.3 is 18.9 Å². The van der Waals surface area contributed by atoms with Crippen molar-refractivity contribution in [2.45, 2.75) is 0 Å². The van der Waals surface area contributed by atoms with Crippen LogP contribution in [0.4, 0.5) is 0 Å². The van der Waals surface area contributed by atoms with Crippen LogP contribution in [0.15, 0.2) is 46.9 Å². The van der Waals surface area contributed by atoms with E-state index in [2.05, 4.69) is 15.9 Å². The Bertz CT molecular complexity index is 713. The Hall–Kier alpha value is -2.47. The second-order valence-electron chi connectivity index (χ2n) is 4.67. The second-order valence-corrected chi connectivity index (χ2v) is 5.58. The molecule has 24 heavy (non-hydrogen) atoms. The van der Waals surface area contributed by atoms with Crippen molar-refractivity contribution in [2.24, 2.45) is 0 Å². The highest BCUT2D eigenvalue weighted by Gasteiger charge is 2.12. The SMILES string of the molecule is COc1cc(C=CC(=O)Oc2ccc(Br)cc2)cc(OC)c1OC. The van der Waals surface area contributed by atoms with Crippen molar-refractivity contribution in [3.8, 4) is 23.0 Å². The van der Waals surface area contributed by atoms with Crippen LogP contribution in [-0.2, 0) is 4.79 Å². The topological polar surface area (TPSA) is 54.0 Å². The van der Waals surface area contributed by atoms with Gasteiger partial charge in [-0.25, -0.2) is 4.79 Å². The predicted octanol–water partition coefficient (Wildman–Crippen LogP) is 4.09. The second kappa shape index (κ2) is 8.40.